The van der Waals surface area contributed by atoms with Gasteiger partial charge < -0.3 is 5.32 Å². The van der Waals surface area contributed by atoms with E-state index in [2.05, 4.69) is 5.32 Å². The fourth-order valence-corrected chi connectivity index (χ4v) is 3.90. The SMILES string of the molecule is O=C(CC[S@@](=O)Cc1ccccc1C(F)(F)F)NC1CCCC1. The van der Waals surface area contributed by atoms with Crippen LogP contribution in [0.4, 0.5) is 13.2 Å². The van der Waals surface area contributed by atoms with Crippen LogP contribution in [-0.2, 0) is 27.5 Å². The van der Waals surface area contributed by atoms with Crippen molar-refractivity contribution in [1.82, 2.24) is 5.32 Å². The Hall–Kier alpha value is -1.37. The number of hydrogen-bond donors (Lipinski definition) is 1. The predicted molar refractivity (Wildman–Crippen MR) is 83.2 cm³/mol. The minimum atomic E-state index is -4.46. The van der Waals surface area contributed by atoms with Gasteiger partial charge in [0.2, 0.25) is 5.91 Å². The van der Waals surface area contributed by atoms with Crippen LogP contribution in [0.15, 0.2) is 24.3 Å². The number of halogens is 3. The monoisotopic (exact) mass is 347 g/mol. The van der Waals surface area contributed by atoms with Crippen molar-refractivity contribution in [3.8, 4) is 0 Å². The van der Waals surface area contributed by atoms with Gasteiger partial charge in [-0.2, -0.15) is 13.2 Å². The molecule has 1 aliphatic carbocycles. The van der Waals surface area contributed by atoms with Gasteiger partial charge >= 0.3 is 6.18 Å². The molecule has 1 aromatic carbocycles. The van der Waals surface area contributed by atoms with Crippen molar-refractivity contribution in [3.05, 3.63) is 35.4 Å². The smallest absolute Gasteiger partial charge is 0.353 e. The quantitative estimate of drug-likeness (QED) is 0.857. The molecule has 0 bridgehead atoms. The maximum atomic E-state index is 12.9. The summed E-state index contributed by atoms with van der Waals surface area (Å²) in [5.41, 5.74) is -0.752. The third-order valence-electron chi connectivity index (χ3n) is 3.92. The van der Waals surface area contributed by atoms with E-state index in [0.717, 1.165) is 31.7 Å². The number of rotatable bonds is 6. The molecule has 0 aliphatic heterocycles. The summed E-state index contributed by atoms with van der Waals surface area (Å²) >= 11 is 0. The average Bonchev–Trinajstić information content (AvgIpc) is 2.97. The van der Waals surface area contributed by atoms with Crippen LogP contribution in [0, 0.1) is 0 Å². The van der Waals surface area contributed by atoms with Gasteiger partial charge in [-0.25, -0.2) is 0 Å². The van der Waals surface area contributed by atoms with E-state index in [1.807, 2.05) is 0 Å². The molecule has 2 rings (SSSR count). The number of hydrogen-bond acceptors (Lipinski definition) is 2. The van der Waals surface area contributed by atoms with Gasteiger partial charge in [0, 0.05) is 34.8 Å². The molecule has 128 valence electrons. The second-order valence-corrected chi connectivity index (χ2v) is 7.32. The van der Waals surface area contributed by atoms with Crippen LogP contribution < -0.4 is 5.32 Å². The highest BCUT2D eigenvalue weighted by Crippen LogP contribution is 2.32. The molecule has 1 N–H and O–H groups in total. The van der Waals surface area contributed by atoms with Crippen molar-refractivity contribution in [2.45, 2.75) is 50.1 Å². The van der Waals surface area contributed by atoms with E-state index in [-0.39, 0.29) is 35.4 Å². The molecular weight excluding hydrogens is 327 g/mol. The summed E-state index contributed by atoms with van der Waals surface area (Å²) in [5, 5.41) is 2.88. The Kier molecular flexibility index (Phi) is 6.21. The first kappa shape index (κ1) is 18.0. The Labute approximate surface area is 136 Å². The summed E-state index contributed by atoms with van der Waals surface area (Å²) in [7, 11) is -1.50. The Morgan fingerprint density at radius 2 is 1.87 bits per heavy atom. The van der Waals surface area contributed by atoms with E-state index in [1.165, 1.54) is 18.2 Å². The summed E-state index contributed by atoms with van der Waals surface area (Å²) < 4.78 is 50.6. The van der Waals surface area contributed by atoms with Gasteiger partial charge in [0.1, 0.15) is 0 Å². The molecule has 1 saturated carbocycles. The lowest BCUT2D eigenvalue weighted by atomic mass is 10.1. The summed E-state index contributed by atoms with van der Waals surface area (Å²) in [6.07, 6.45) is -0.240. The summed E-state index contributed by atoms with van der Waals surface area (Å²) in [4.78, 5) is 11.8. The minimum Gasteiger partial charge on any atom is -0.353 e. The van der Waals surface area contributed by atoms with Crippen LogP contribution in [-0.4, -0.2) is 21.9 Å². The highest BCUT2D eigenvalue weighted by molar-refractivity contribution is 7.84. The number of carbonyl (C=O) groups excluding carboxylic acids is 1. The third-order valence-corrected chi connectivity index (χ3v) is 5.21. The Bertz CT molecular complexity index is 569. The van der Waals surface area contributed by atoms with E-state index in [9.17, 15) is 22.2 Å². The van der Waals surface area contributed by atoms with Crippen LogP contribution in [0.2, 0.25) is 0 Å². The number of alkyl halides is 3. The van der Waals surface area contributed by atoms with Crippen LogP contribution in [0.1, 0.15) is 43.2 Å². The molecular formula is C16H20F3NO2S. The predicted octanol–water partition coefficient (Wildman–Crippen LogP) is 3.40. The van der Waals surface area contributed by atoms with Crippen LogP contribution in [0.5, 0.6) is 0 Å². The first-order valence-electron chi connectivity index (χ1n) is 7.65. The Morgan fingerprint density at radius 1 is 1.22 bits per heavy atom. The van der Waals surface area contributed by atoms with E-state index < -0.39 is 22.5 Å². The molecule has 0 radical (unpaired) electrons. The Morgan fingerprint density at radius 3 is 2.52 bits per heavy atom. The van der Waals surface area contributed by atoms with Crippen molar-refractivity contribution in [2.24, 2.45) is 0 Å². The van der Waals surface area contributed by atoms with Gasteiger partial charge in [-0.1, -0.05) is 31.0 Å². The number of nitrogens with one attached hydrogen (secondary N) is 1. The van der Waals surface area contributed by atoms with Gasteiger partial charge in [0.15, 0.2) is 0 Å². The molecule has 1 fully saturated rings. The molecule has 1 aliphatic rings. The number of amides is 1. The van der Waals surface area contributed by atoms with Gasteiger partial charge in [0.25, 0.3) is 0 Å². The van der Waals surface area contributed by atoms with Crippen molar-refractivity contribution >= 4 is 16.7 Å². The van der Waals surface area contributed by atoms with E-state index in [4.69, 9.17) is 0 Å². The van der Waals surface area contributed by atoms with Crippen LogP contribution >= 0.6 is 0 Å². The van der Waals surface area contributed by atoms with E-state index >= 15 is 0 Å². The van der Waals surface area contributed by atoms with Gasteiger partial charge in [0.05, 0.1) is 5.56 Å². The molecule has 7 heteroatoms. The molecule has 1 aromatic rings. The van der Waals surface area contributed by atoms with Crippen molar-refractivity contribution < 1.29 is 22.2 Å². The van der Waals surface area contributed by atoms with Crippen molar-refractivity contribution in [1.29, 1.82) is 0 Å². The topological polar surface area (TPSA) is 46.2 Å². The Balaban J connectivity index is 1.84. The second-order valence-electron chi connectivity index (χ2n) is 5.74. The zero-order valence-corrected chi connectivity index (χ0v) is 13.5. The molecule has 0 aromatic heterocycles. The number of carbonyl (C=O) groups is 1. The summed E-state index contributed by atoms with van der Waals surface area (Å²) in [6, 6.07) is 5.32. The molecule has 0 saturated heterocycles. The first-order chi connectivity index (χ1) is 10.9. The standard InChI is InChI=1S/C16H20F3NO2S/c17-16(18,19)14-8-4-1-5-12(14)11-23(22)10-9-15(21)20-13-6-2-3-7-13/h1,4-5,8,13H,2-3,6-7,9-11H2,(H,20,21)/t23-/m1/s1. The fraction of sp³-hybridized carbons (Fsp3) is 0.562. The largest absolute Gasteiger partial charge is 0.416 e. The summed E-state index contributed by atoms with van der Waals surface area (Å²) in [5.74, 6) is -0.286. The third kappa shape index (κ3) is 5.64. The molecule has 1 atom stereocenters. The van der Waals surface area contributed by atoms with Gasteiger partial charge in [-0.15, -0.1) is 0 Å². The molecule has 1 amide bonds. The second kappa shape index (κ2) is 7.95. The van der Waals surface area contributed by atoms with Crippen molar-refractivity contribution in [3.63, 3.8) is 0 Å². The van der Waals surface area contributed by atoms with Crippen molar-refractivity contribution in [2.75, 3.05) is 5.75 Å². The normalized spacial score (nSPS) is 17.2. The van der Waals surface area contributed by atoms with Crippen LogP contribution in [0.3, 0.4) is 0 Å². The minimum absolute atomic E-state index is 0.00883. The zero-order chi connectivity index (χ0) is 16.9. The zero-order valence-electron chi connectivity index (χ0n) is 12.7. The highest BCUT2D eigenvalue weighted by Gasteiger charge is 2.33. The lowest BCUT2D eigenvalue weighted by Gasteiger charge is -2.13. The number of benzene rings is 1. The van der Waals surface area contributed by atoms with E-state index in [1.54, 1.807) is 0 Å². The highest BCUT2D eigenvalue weighted by atomic mass is 32.2. The first-order valence-corrected chi connectivity index (χ1v) is 9.14. The molecule has 0 unspecified atom stereocenters. The molecule has 23 heavy (non-hydrogen) atoms. The maximum Gasteiger partial charge on any atom is 0.416 e. The van der Waals surface area contributed by atoms with Gasteiger partial charge in [-0.3, -0.25) is 9.00 Å². The summed E-state index contributed by atoms with van der Waals surface area (Å²) in [6.45, 7) is 0. The van der Waals surface area contributed by atoms with E-state index in [0.29, 0.717) is 0 Å². The van der Waals surface area contributed by atoms with Crippen LogP contribution in [0.25, 0.3) is 0 Å². The fourth-order valence-electron chi connectivity index (χ4n) is 2.74. The average molecular weight is 347 g/mol. The lowest BCUT2D eigenvalue weighted by Crippen LogP contribution is -2.33. The molecule has 0 spiro atoms. The lowest BCUT2D eigenvalue weighted by molar-refractivity contribution is -0.138. The maximum absolute atomic E-state index is 12.9. The molecule has 3 nitrogen and oxygen atoms in total. The molecule has 0 heterocycles. The van der Waals surface area contributed by atoms with Gasteiger partial charge in [-0.05, 0) is 24.5 Å².